The molecule has 158 valence electrons. The lowest BCUT2D eigenvalue weighted by atomic mass is 10.1. The molecule has 7 nitrogen and oxygen atoms in total. The van der Waals surface area contributed by atoms with Gasteiger partial charge in [0.15, 0.2) is 0 Å². The van der Waals surface area contributed by atoms with Crippen LogP contribution in [-0.2, 0) is 4.79 Å². The minimum Gasteiger partial charge on any atom is -0.497 e. The number of carbonyl (C=O) groups is 2. The zero-order chi connectivity index (χ0) is 21.5. The molecule has 2 amide bonds. The van der Waals surface area contributed by atoms with Gasteiger partial charge in [0.1, 0.15) is 17.2 Å². The van der Waals surface area contributed by atoms with E-state index in [2.05, 4.69) is 0 Å². The summed E-state index contributed by atoms with van der Waals surface area (Å²) in [6.07, 6.45) is 3.26. The van der Waals surface area contributed by atoms with E-state index >= 15 is 0 Å². The van der Waals surface area contributed by atoms with E-state index in [1.54, 1.807) is 67.5 Å². The highest BCUT2D eigenvalue weighted by Crippen LogP contribution is 2.25. The van der Waals surface area contributed by atoms with Gasteiger partial charge >= 0.3 is 0 Å². The zero-order valence-corrected chi connectivity index (χ0v) is 17.5. The number of benzene rings is 2. The van der Waals surface area contributed by atoms with Gasteiger partial charge in [-0.15, -0.1) is 0 Å². The Kier molecular flexibility index (Phi) is 6.95. The number of methoxy groups -OCH3 is 3. The molecule has 2 aromatic carbocycles. The predicted octanol–water partition coefficient (Wildman–Crippen LogP) is 2.71. The number of nitrogens with zero attached hydrogens (tertiary/aromatic N) is 2. The van der Waals surface area contributed by atoms with Crippen molar-refractivity contribution in [2.75, 3.05) is 47.5 Å². The van der Waals surface area contributed by atoms with Gasteiger partial charge in [-0.1, -0.05) is 6.07 Å². The van der Waals surface area contributed by atoms with Gasteiger partial charge in [0.05, 0.1) is 21.3 Å². The Bertz CT molecular complexity index is 933. The Balaban J connectivity index is 1.59. The van der Waals surface area contributed by atoms with E-state index in [9.17, 15) is 9.59 Å². The van der Waals surface area contributed by atoms with Gasteiger partial charge in [-0.2, -0.15) is 0 Å². The van der Waals surface area contributed by atoms with Crippen LogP contribution >= 0.6 is 0 Å². The molecule has 0 bridgehead atoms. The highest BCUT2D eigenvalue weighted by atomic mass is 16.5. The second-order valence-corrected chi connectivity index (χ2v) is 6.79. The van der Waals surface area contributed by atoms with Crippen LogP contribution in [0.15, 0.2) is 48.5 Å². The Morgan fingerprint density at radius 1 is 0.833 bits per heavy atom. The maximum atomic E-state index is 12.7. The van der Waals surface area contributed by atoms with E-state index in [0.29, 0.717) is 49.0 Å². The summed E-state index contributed by atoms with van der Waals surface area (Å²) < 4.78 is 15.7. The van der Waals surface area contributed by atoms with Gasteiger partial charge in [0, 0.05) is 49.4 Å². The number of hydrogen-bond donors (Lipinski definition) is 0. The molecule has 0 N–H and O–H groups in total. The van der Waals surface area contributed by atoms with Gasteiger partial charge < -0.3 is 24.0 Å². The molecule has 1 fully saturated rings. The van der Waals surface area contributed by atoms with Gasteiger partial charge in [0.25, 0.3) is 5.91 Å². The van der Waals surface area contributed by atoms with Crippen LogP contribution in [0.4, 0.5) is 0 Å². The van der Waals surface area contributed by atoms with Gasteiger partial charge in [0.2, 0.25) is 5.91 Å². The topological polar surface area (TPSA) is 68.3 Å². The number of hydrogen-bond acceptors (Lipinski definition) is 5. The Labute approximate surface area is 176 Å². The second-order valence-electron chi connectivity index (χ2n) is 6.79. The van der Waals surface area contributed by atoms with Crippen molar-refractivity contribution in [2.24, 2.45) is 0 Å². The van der Waals surface area contributed by atoms with Crippen LogP contribution in [0.5, 0.6) is 17.2 Å². The number of amides is 2. The molecule has 1 heterocycles. The molecule has 2 aromatic rings. The molecule has 0 saturated carbocycles. The van der Waals surface area contributed by atoms with Crippen molar-refractivity contribution in [2.45, 2.75) is 0 Å². The minimum atomic E-state index is -0.0960. The van der Waals surface area contributed by atoms with E-state index in [0.717, 1.165) is 5.56 Å². The minimum absolute atomic E-state index is 0.0560. The fraction of sp³-hybridized carbons (Fsp3) is 0.304. The monoisotopic (exact) mass is 410 g/mol. The Hall–Kier alpha value is -3.48. The molecule has 0 unspecified atom stereocenters. The largest absolute Gasteiger partial charge is 0.497 e. The highest BCUT2D eigenvalue weighted by molar-refractivity contribution is 5.95. The maximum absolute atomic E-state index is 12.7. The summed E-state index contributed by atoms with van der Waals surface area (Å²) in [4.78, 5) is 28.8. The summed E-state index contributed by atoms with van der Waals surface area (Å²) in [5, 5.41) is 0. The van der Waals surface area contributed by atoms with Crippen LogP contribution in [0.2, 0.25) is 0 Å². The van der Waals surface area contributed by atoms with Gasteiger partial charge in [-0.3, -0.25) is 9.59 Å². The van der Waals surface area contributed by atoms with Crippen molar-refractivity contribution < 1.29 is 23.8 Å². The Morgan fingerprint density at radius 2 is 1.50 bits per heavy atom. The summed E-state index contributed by atoms with van der Waals surface area (Å²) in [5.74, 6) is 1.81. The molecule has 1 aliphatic heterocycles. The summed E-state index contributed by atoms with van der Waals surface area (Å²) in [6.45, 7) is 1.94. The van der Waals surface area contributed by atoms with Crippen LogP contribution in [0, 0.1) is 0 Å². The average molecular weight is 410 g/mol. The van der Waals surface area contributed by atoms with Gasteiger partial charge in [-0.25, -0.2) is 0 Å². The molecule has 1 saturated heterocycles. The molecule has 0 aliphatic carbocycles. The molecule has 0 radical (unpaired) electrons. The second kappa shape index (κ2) is 9.82. The van der Waals surface area contributed by atoms with Crippen molar-refractivity contribution in [1.82, 2.24) is 9.80 Å². The van der Waals surface area contributed by atoms with Crippen molar-refractivity contribution in [3.8, 4) is 17.2 Å². The number of rotatable bonds is 6. The molecule has 1 aliphatic rings. The lowest BCUT2D eigenvalue weighted by Gasteiger charge is -2.34. The van der Waals surface area contributed by atoms with E-state index in [4.69, 9.17) is 14.2 Å². The molecule has 7 heteroatoms. The third-order valence-electron chi connectivity index (χ3n) is 5.04. The molecule has 30 heavy (non-hydrogen) atoms. The van der Waals surface area contributed by atoms with Crippen molar-refractivity contribution in [1.29, 1.82) is 0 Å². The van der Waals surface area contributed by atoms with Crippen molar-refractivity contribution in [3.05, 3.63) is 59.7 Å². The first kappa shape index (κ1) is 21.2. The predicted molar refractivity (Wildman–Crippen MR) is 114 cm³/mol. The molecule has 0 aromatic heterocycles. The summed E-state index contributed by atoms with van der Waals surface area (Å²) >= 11 is 0. The first-order chi connectivity index (χ1) is 14.5. The van der Waals surface area contributed by atoms with Crippen molar-refractivity contribution >= 4 is 17.9 Å². The molecular weight excluding hydrogens is 384 g/mol. The van der Waals surface area contributed by atoms with Crippen LogP contribution in [0.3, 0.4) is 0 Å². The fourth-order valence-corrected chi connectivity index (χ4v) is 3.29. The van der Waals surface area contributed by atoms with E-state index in [1.807, 2.05) is 12.1 Å². The Morgan fingerprint density at radius 3 is 2.17 bits per heavy atom. The van der Waals surface area contributed by atoms with Gasteiger partial charge in [-0.05, 0) is 36.4 Å². The lowest BCUT2D eigenvalue weighted by molar-refractivity contribution is -0.127. The number of piperazine rings is 1. The van der Waals surface area contributed by atoms with Crippen LogP contribution < -0.4 is 14.2 Å². The smallest absolute Gasteiger partial charge is 0.254 e. The van der Waals surface area contributed by atoms with Crippen LogP contribution in [0.1, 0.15) is 15.9 Å². The average Bonchev–Trinajstić information content (AvgIpc) is 2.82. The third-order valence-corrected chi connectivity index (χ3v) is 5.04. The highest BCUT2D eigenvalue weighted by Gasteiger charge is 2.24. The molecule has 0 spiro atoms. The molecule has 3 rings (SSSR count). The first-order valence-corrected chi connectivity index (χ1v) is 9.68. The quantitative estimate of drug-likeness (QED) is 0.685. The van der Waals surface area contributed by atoms with E-state index in [-0.39, 0.29) is 11.8 Å². The number of carbonyl (C=O) groups excluding carboxylic acids is 2. The zero-order valence-electron chi connectivity index (χ0n) is 17.5. The standard InChI is InChI=1S/C23H26N2O5/c1-28-19-6-4-5-18(15-19)23(27)25-13-11-24(12-14-25)22(26)10-8-17-7-9-20(29-2)16-21(17)30-3/h4-10,15-16H,11-14H2,1-3H3/b10-8+. The molecular formula is C23H26N2O5. The summed E-state index contributed by atoms with van der Waals surface area (Å²) in [6, 6.07) is 12.5. The van der Waals surface area contributed by atoms with Crippen LogP contribution in [-0.4, -0.2) is 69.1 Å². The normalized spacial score (nSPS) is 14.0. The maximum Gasteiger partial charge on any atom is 0.254 e. The SMILES string of the molecule is COc1cccc(C(=O)N2CCN(C(=O)/C=C/c3ccc(OC)cc3OC)CC2)c1. The summed E-state index contributed by atoms with van der Waals surface area (Å²) in [7, 11) is 4.74. The fourth-order valence-electron chi connectivity index (χ4n) is 3.29. The third kappa shape index (κ3) is 4.92. The first-order valence-electron chi connectivity index (χ1n) is 9.68. The number of ether oxygens (including phenoxy) is 3. The van der Waals surface area contributed by atoms with E-state index in [1.165, 1.54) is 6.08 Å². The molecule has 0 atom stereocenters. The summed E-state index contributed by atoms with van der Waals surface area (Å²) in [5.41, 5.74) is 1.37. The lowest BCUT2D eigenvalue weighted by Crippen LogP contribution is -2.50. The van der Waals surface area contributed by atoms with Crippen molar-refractivity contribution in [3.63, 3.8) is 0 Å². The van der Waals surface area contributed by atoms with Crippen LogP contribution in [0.25, 0.3) is 6.08 Å². The van der Waals surface area contributed by atoms with E-state index < -0.39 is 0 Å².